The second-order valence-corrected chi connectivity index (χ2v) is 6.55. The van der Waals surface area contributed by atoms with Gasteiger partial charge in [0.2, 0.25) is 5.91 Å². The molecule has 1 aliphatic carbocycles. The summed E-state index contributed by atoms with van der Waals surface area (Å²) in [4.78, 5) is 27.2. The van der Waals surface area contributed by atoms with Gasteiger partial charge in [-0.1, -0.05) is 30.3 Å². The summed E-state index contributed by atoms with van der Waals surface area (Å²) in [5.41, 5.74) is 1.05. The second-order valence-electron chi connectivity index (χ2n) is 6.55. The molecule has 0 aromatic heterocycles. The van der Waals surface area contributed by atoms with Crippen molar-refractivity contribution < 1.29 is 14.3 Å². The average Bonchev–Trinajstić information content (AvgIpc) is 2.60. The highest BCUT2D eigenvalue weighted by Gasteiger charge is 2.51. The first kappa shape index (κ1) is 16.5. The number of nitrogens with zero attached hydrogens (tertiary/aromatic N) is 2. The molecule has 1 amide bonds. The number of rotatable bonds is 4. The molecule has 0 unspecified atom stereocenters. The van der Waals surface area contributed by atoms with E-state index in [1.54, 1.807) is 6.92 Å². The van der Waals surface area contributed by atoms with E-state index in [4.69, 9.17) is 4.74 Å². The van der Waals surface area contributed by atoms with Crippen molar-refractivity contribution in [2.75, 3.05) is 6.61 Å². The molecule has 0 spiro atoms. The molecule has 1 saturated carbocycles. The minimum atomic E-state index is -0.838. The van der Waals surface area contributed by atoms with E-state index in [-0.39, 0.29) is 30.4 Å². The zero-order chi connectivity index (χ0) is 17.1. The van der Waals surface area contributed by atoms with Crippen LogP contribution in [0.1, 0.15) is 31.7 Å². The van der Waals surface area contributed by atoms with Crippen molar-refractivity contribution in [3.8, 4) is 6.07 Å². The predicted octanol–water partition coefficient (Wildman–Crippen LogP) is 2.52. The third-order valence-corrected chi connectivity index (χ3v) is 5.19. The highest BCUT2D eigenvalue weighted by Crippen LogP contribution is 2.43. The van der Waals surface area contributed by atoms with Gasteiger partial charge in [-0.25, -0.2) is 0 Å². The van der Waals surface area contributed by atoms with Crippen LogP contribution in [0.3, 0.4) is 0 Å². The molecule has 1 aliphatic heterocycles. The first-order valence-electron chi connectivity index (χ1n) is 8.56. The Labute approximate surface area is 142 Å². The zero-order valence-corrected chi connectivity index (χ0v) is 13.9. The number of esters is 1. The number of benzene rings is 1. The monoisotopic (exact) mass is 326 g/mol. The van der Waals surface area contributed by atoms with Crippen molar-refractivity contribution in [1.29, 1.82) is 5.26 Å². The standard InChI is InChI=1S/C19H22N2O3/c1-2-24-19(23)17-16-10-15(9-8-14(16)11-20)21(18(17)22)12-13-6-4-3-5-7-13/h3-7,14-17H,2,8-10,12H2,1H3/t14-,15-,16-,17-/m0/s1. The molecular weight excluding hydrogens is 304 g/mol. The minimum Gasteiger partial charge on any atom is -0.465 e. The molecule has 2 fully saturated rings. The van der Waals surface area contributed by atoms with E-state index in [2.05, 4.69) is 6.07 Å². The fourth-order valence-electron chi connectivity index (χ4n) is 4.03. The summed E-state index contributed by atoms with van der Waals surface area (Å²) in [5.74, 6) is -1.95. The molecule has 1 aromatic rings. The van der Waals surface area contributed by atoms with Crippen LogP contribution >= 0.6 is 0 Å². The maximum Gasteiger partial charge on any atom is 0.318 e. The summed E-state index contributed by atoms with van der Waals surface area (Å²) in [6.07, 6.45) is 2.27. The number of ether oxygens (including phenoxy) is 1. The minimum absolute atomic E-state index is 0.109. The number of fused-ring (bicyclic) bond motifs is 2. The number of hydrogen-bond donors (Lipinski definition) is 0. The van der Waals surface area contributed by atoms with Crippen LogP contribution < -0.4 is 0 Å². The number of carbonyl (C=O) groups is 2. The van der Waals surface area contributed by atoms with E-state index in [1.165, 1.54) is 0 Å². The van der Waals surface area contributed by atoms with Gasteiger partial charge in [0.1, 0.15) is 5.92 Å². The third-order valence-electron chi connectivity index (χ3n) is 5.19. The van der Waals surface area contributed by atoms with Gasteiger partial charge in [0, 0.05) is 12.6 Å². The summed E-state index contributed by atoms with van der Waals surface area (Å²) in [6, 6.07) is 12.2. The van der Waals surface area contributed by atoms with Gasteiger partial charge < -0.3 is 9.64 Å². The summed E-state index contributed by atoms with van der Waals surface area (Å²) < 4.78 is 5.14. The highest BCUT2D eigenvalue weighted by molar-refractivity contribution is 5.99. The number of nitriles is 1. The molecule has 0 N–H and O–H groups in total. The smallest absolute Gasteiger partial charge is 0.318 e. The molecular formula is C19H22N2O3. The Hall–Kier alpha value is -2.35. The van der Waals surface area contributed by atoms with Crippen LogP contribution in [0, 0.1) is 29.1 Å². The van der Waals surface area contributed by atoms with E-state index < -0.39 is 11.9 Å². The van der Waals surface area contributed by atoms with Gasteiger partial charge in [-0.05, 0) is 37.7 Å². The Morgan fingerprint density at radius 2 is 2.08 bits per heavy atom. The maximum atomic E-state index is 13.0. The van der Waals surface area contributed by atoms with E-state index >= 15 is 0 Å². The number of likely N-dealkylation sites (tertiary alicyclic amines) is 1. The zero-order valence-electron chi connectivity index (χ0n) is 13.9. The Kier molecular flexibility index (Phi) is 4.84. The van der Waals surface area contributed by atoms with Crippen LogP contribution in [-0.2, 0) is 20.9 Å². The molecule has 5 heteroatoms. The van der Waals surface area contributed by atoms with E-state index in [1.807, 2.05) is 35.2 Å². The average molecular weight is 326 g/mol. The van der Waals surface area contributed by atoms with Crippen molar-refractivity contribution >= 4 is 11.9 Å². The quantitative estimate of drug-likeness (QED) is 0.630. The Morgan fingerprint density at radius 3 is 2.75 bits per heavy atom. The van der Waals surface area contributed by atoms with Crippen LogP contribution in [0.4, 0.5) is 0 Å². The highest BCUT2D eigenvalue weighted by atomic mass is 16.5. The number of amides is 1. The van der Waals surface area contributed by atoms with Gasteiger partial charge in [-0.3, -0.25) is 9.59 Å². The van der Waals surface area contributed by atoms with E-state index in [0.717, 1.165) is 18.4 Å². The van der Waals surface area contributed by atoms with Gasteiger partial charge in [-0.2, -0.15) is 5.26 Å². The summed E-state index contributed by atoms with van der Waals surface area (Å²) in [6.45, 7) is 2.48. The van der Waals surface area contributed by atoms with Crippen molar-refractivity contribution in [3.63, 3.8) is 0 Å². The van der Waals surface area contributed by atoms with Gasteiger partial charge >= 0.3 is 5.97 Å². The molecule has 1 saturated heterocycles. The first-order chi connectivity index (χ1) is 11.7. The lowest BCUT2D eigenvalue weighted by atomic mass is 9.67. The summed E-state index contributed by atoms with van der Waals surface area (Å²) in [5, 5.41) is 9.39. The van der Waals surface area contributed by atoms with Crippen molar-refractivity contribution in [2.24, 2.45) is 17.8 Å². The normalized spacial score (nSPS) is 29.0. The first-order valence-corrected chi connectivity index (χ1v) is 8.56. The van der Waals surface area contributed by atoms with Crippen LogP contribution in [0.25, 0.3) is 0 Å². The molecule has 3 rings (SSSR count). The molecule has 4 atom stereocenters. The Balaban J connectivity index is 1.87. The Morgan fingerprint density at radius 1 is 1.33 bits per heavy atom. The molecule has 2 aliphatic rings. The van der Waals surface area contributed by atoms with Crippen molar-refractivity contribution in [3.05, 3.63) is 35.9 Å². The lowest BCUT2D eigenvalue weighted by Crippen LogP contribution is -2.57. The van der Waals surface area contributed by atoms with Crippen LogP contribution in [-0.4, -0.2) is 29.4 Å². The summed E-state index contributed by atoms with van der Waals surface area (Å²) >= 11 is 0. The van der Waals surface area contributed by atoms with E-state index in [0.29, 0.717) is 13.0 Å². The maximum absolute atomic E-state index is 13.0. The van der Waals surface area contributed by atoms with Gasteiger partial charge in [0.05, 0.1) is 18.6 Å². The lowest BCUT2D eigenvalue weighted by Gasteiger charge is -2.47. The van der Waals surface area contributed by atoms with E-state index in [9.17, 15) is 14.9 Å². The number of hydrogen-bond acceptors (Lipinski definition) is 4. The fourth-order valence-corrected chi connectivity index (χ4v) is 4.03. The number of piperidine rings is 1. The van der Waals surface area contributed by atoms with Crippen molar-refractivity contribution in [1.82, 2.24) is 4.90 Å². The SMILES string of the molecule is CCOC(=O)[C@@H]1C(=O)N(Cc2ccccc2)[C@H]2CC[C@@H](C#N)[C@@H]1C2. The Bertz CT molecular complexity index is 652. The summed E-state index contributed by atoms with van der Waals surface area (Å²) in [7, 11) is 0. The predicted molar refractivity (Wildman–Crippen MR) is 87.3 cm³/mol. The van der Waals surface area contributed by atoms with Crippen LogP contribution in [0.15, 0.2) is 30.3 Å². The van der Waals surface area contributed by atoms with Crippen molar-refractivity contribution in [2.45, 2.75) is 38.8 Å². The molecule has 1 aromatic carbocycles. The molecule has 0 radical (unpaired) electrons. The molecule has 24 heavy (non-hydrogen) atoms. The second kappa shape index (κ2) is 7.04. The third kappa shape index (κ3) is 3.01. The van der Waals surface area contributed by atoms with Gasteiger partial charge in [-0.15, -0.1) is 0 Å². The van der Waals surface area contributed by atoms with Crippen LogP contribution in [0.2, 0.25) is 0 Å². The van der Waals surface area contributed by atoms with Gasteiger partial charge in [0.25, 0.3) is 0 Å². The fraction of sp³-hybridized carbons (Fsp3) is 0.526. The lowest BCUT2D eigenvalue weighted by molar-refractivity contribution is -0.167. The number of carbonyl (C=O) groups excluding carboxylic acids is 2. The molecule has 2 bridgehead atoms. The van der Waals surface area contributed by atoms with Gasteiger partial charge in [0.15, 0.2) is 0 Å². The molecule has 1 heterocycles. The molecule has 5 nitrogen and oxygen atoms in total. The molecule has 126 valence electrons. The topological polar surface area (TPSA) is 70.4 Å². The van der Waals surface area contributed by atoms with Crippen LogP contribution in [0.5, 0.6) is 0 Å². The largest absolute Gasteiger partial charge is 0.465 e.